The first-order chi connectivity index (χ1) is 13.7. The summed E-state index contributed by atoms with van der Waals surface area (Å²) in [5.74, 6) is -0.130. The maximum absolute atomic E-state index is 13.6. The summed E-state index contributed by atoms with van der Waals surface area (Å²) in [4.78, 5) is 29.1. The van der Waals surface area contributed by atoms with Crippen molar-refractivity contribution in [2.45, 2.75) is 75.3 Å². The van der Waals surface area contributed by atoms with Gasteiger partial charge >= 0.3 is 0 Å². The van der Waals surface area contributed by atoms with Gasteiger partial charge in [-0.3, -0.25) is 9.59 Å². The average molecular weight is 385 g/mol. The molecule has 2 aliphatic carbocycles. The zero-order chi connectivity index (χ0) is 19.6. The van der Waals surface area contributed by atoms with E-state index in [4.69, 9.17) is 4.74 Å². The molecule has 0 aromatic heterocycles. The van der Waals surface area contributed by atoms with Crippen LogP contribution in [0.15, 0.2) is 24.3 Å². The van der Waals surface area contributed by atoms with Crippen molar-refractivity contribution >= 4 is 11.8 Å². The van der Waals surface area contributed by atoms with E-state index in [9.17, 15) is 9.59 Å². The zero-order valence-corrected chi connectivity index (χ0v) is 16.9. The number of nitrogens with one attached hydrogen (secondary N) is 1. The Hall–Kier alpha value is -1.88. The van der Waals surface area contributed by atoms with Crippen molar-refractivity contribution < 1.29 is 14.3 Å². The van der Waals surface area contributed by atoms with Gasteiger partial charge in [-0.1, -0.05) is 50.3 Å². The van der Waals surface area contributed by atoms with Crippen LogP contribution in [0.1, 0.15) is 79.6 Å². The van der Waals surface area contributed by atoms with E-state index in [0.29, 0.717) is 18.7 Å². The molecule has 1 N–H and O–H groups in total. The molecule has 3 aliphatic rings. The fraction of sp³-hybridized carbons (Fsp3) is 0.652. The molecule has 1 atom stereocenters. The summed E-state index contributed by atoms with van der Waals surface area (Å²) < 4.78 is 5.32. The monoisotopic (exact) mass is 384 g/mol. The molecule has 1 spiro atoms. The van der Waals surface area contributed by atoms with Gasteiger partial charge in [0.15, 0.2) is 0 Å². The molecule has 1 heterocycles. The highest BCUT2D eigenvalue weighted by Gasteiger charge is 2.54. The minimum Gasteiger partial charge on any atom is -0.383 e. The fourth-order valence-electron chi connectivity index (χ4n) is 5.71. The molecule has 28 heavy (non-hydrogen) atoms. The van der Waals surface area contributed by atoms with Crippen molar-refractivity contribution in [3.63, 3.8) is 0 Å². The zero-order valence-electron chi connectivity index (χ0n) is 16.9. The van der Waals surface area contributed by atoms with Crippen molar-refractivity contribution in [2.75, 3.05) is 20.3 Å². The minimum absolute atomic E-state index is 0.0551. The van der Waals surface area contributed by atoms with Gasteiger partial charge in [-0.05, 0) is 37.3 Å². The topological polar surface area (TPSA) is 58.6 Å². The van der Waals surface area contributed by atoms with Crippen LogP contribution in [0.3, 0.4) is 0 Å². The highest BCUT2D eigenvalue weighted by atomic mass is 16.5. The number of fused-ring (bicyclic) bond motifs is 1. The third kappa shape index (κ3) is 3.34. The van der Waals surface area contributed by atoms with Crippen molar-refractivity contribution in [1.82, 2.24) is 10.2 Å². The highest BCUT2D eigenvalue weighted by molar-refractivity contribution is 6.02. The van der Waals surface area contributed by atoms with Gasteiger partial charge in [0.2, 0.25) is 5.91 Å². The Balaban J connectivity index is 1.76. The second-order valence-electron chi connectivity index (χ2n) is 8.62. The number of methoxy groups -OCH3 is 1. The second-order valence-corrected chi connectivity index (χ2v) is 8.62. The van der Waals surface area contributed by atoms with E-state index in [-0.39, 0.29) is 23.8 Å². The van der Waals surface area contributed by atoms with Gasteiger partial charge in [0.05, 0.1) is 18.1 Å². The molecule has 2 saturated carbocycles. The minimum atomic E-state index is -0.426. The number of hydrogen-bond donors (Lipinski definition) is 1. The Morgan fingerprint density at radius 1 is 1.14 bits per heavy atom. The van der Waals surface area contributed by atoms with Crippen LogP contribution in [0, 0.1) is 0 Å². The third-order valence-electron chi connectivity index (χ3n) is 7.02. The maximum atomic E-state index is 13.6. The molecule has 5 nitrogen and oxygen atoms in total. The van der Waals surface area contributed by atoms with Crippen LogP contribution in [0.4, 0.5) is 0 Å². The van der Waals surface area contributed by atoms with Gasteiger partial charge in [-0.2, -0.15) is 0 Å². The summed E-state index contributed by atoms with van der Waals surface area (Å²) in [6.07, 6.45) is 9.59. The molecule has 0 saturated heterocycles. The molecule has 1 aromatic rings. The molecule has 1 aliphatic heterocycles. The Bertz CT molecular complexity index is 720. The van der Waals surface area contributed by atoms with E-state index in [2.05, 4.69) is 5.32 Å². The molecule has 152 valence electrons. The number of rotatable bonds is 5. The third-order valence-corrected chi connectivity index (χ3v) is 7.02. The molecule has 0 bridgehead atoms. The largest absolute Gasteiger partial charge is 0.383 e. The molecular formula is C23H32N2O3. The summed E-state index contributed by atoms with van der Waals surface area (Å²) in [6, 6.07) is 8.02. The first-order valence-corrected chi connectivity index (χ1v) is 10.9. The molecule has 5 heteroatoms. The van der Waals surface area contributed by atoms with Crippen molar-refractivity contribution in [1.29, 1.82) is 0 Å². The summed E-state index contributed by atoms with van der Waals surface area (Å²) in [5.41, 5.74) is 1.17. The van der Waals surface area contributed by atoms with Crippen LogP contribution in [-0.2, 0) is 9.53 Å². The van der Waals surface area contributed by atoms with Gasteiger partial charge in [0, 0.05) is 25.3 Å². The van der Waals surface area contributed by atoms with Crippen LogP contribution >= 0.6 is 0 Å². The Morgan fingerprint density at radius 3 is 2.57 bits per heavy atom. The number of nitrogens with zero attached hydrogens (tertiary/aromatic N) is 1. The smallest absolute Gasteiger partial charge is 0.254 e. The lowest BCUT2D eigenvalue weighted by atomic mass is 9.65. The molecule has 0 radical (unpaired) electrons. The van der Waals surface area contributed by atoms with E-state index in [0.717, 1.165) is 44.1 Å². The Kier molecular flexibility index (Phi) is 5.72. The first-order valence-electron chi connectivity index (χ1n) is 10.9. The van der Waals surface area contributed by atoms with Crippen molar-refractivity contribution in [2.24, 2.45) is 0 Å². The van der Waals surface area contributed by atoms with Gasteiger partial charge in [-0.25, -0.2) is 0 Å². The van der Waals surface area contributed by atoms with Crippen molar-refractivity contribution in [3.8, 4) is 0 Å². The first kappa shape index (κ1) is 19.4. The Labute approximate surface area is 167 Å². The lowest BCUT2D eigenvalue weighted by Crippen LogP contribution is -2.63. The quantitative estimate of drug-likeness (QED) is 0.843. The van der Waals surface area contributed by atoms with Crippen LogP contribution < -0.4 is 5.32 Å². The average Bonchev–Trinajstić information content (AvgIpc) is 3.22. The lowest BCUT2D eigenvalue weighted by Gasteiger charge is -2.53. The fourth-order valence-corrected chi connectivity index (χ4v) is 5.71. The summed E-state index contributed by atoms with van der Waals surface area (Å²) in [7, 11) is 1.67. The standard InChI is InChI=1S/C23H32N2O3/c1-28-16-15-25-22(27)19-12-6-5-11-18(19)20(23(25)13-7-2-8-14-23)21(26)24-17-9-3-4-10-17/h5-6,11-12,17,20H,2-4,7-10,13-16H2,1H3,(H,24,26). The molecule has 2 amide bonds. The lowest BCUT2D eigenvalue weighted by molar-refractivity contribution is -0.128. The molecule has 2 fully saturated rings. The number of carbonyl (C=O) groups excluding carboxylic acids is 2. The van der Waals surface area contributed by atoms with E-state index in [1.165, 1.54) is 19.3 Å². The van der Waals surface area contributed by atoms with Gasteiger partial charge in [0.25, 0.3) is 5.91 Å². The summed E-state index contributed by atoms with van der Waals surface area (Å²) >= 11 is 0. The summed E-state index contributed by atoms with van der Waals surface area (Å²) in [5, 5.41) is 3.34. The van der Waals surface area contributed by atoms with E-state index in [1.807, 2.05) is 29.2 Å². The normalized spacial score (nSPS) is 24.4. The van der Waals surface area contributed by atoms with Gasteiger partial charge in [0.1, 0.15) is 0 Å². The SMILES string of the molecule is COCCN1C(=O)c2ccccc2C(C(=O)NC2CCCC2)C12CCCCC2. The van der Waals surface area contributed by atoms with E-state index in [1.54, 1.807) is 7.11 Å². The van der Waals surface area contributed by atoms with Crippen molar-refractivity contribution in [3.05, 3.63) is 35.4 Å². The highest BCUT2D eigenvalue weighted by Crippen LogP contribution is 2.49. The number of carbonyl (C=O) groups is 2. The van der Waals surface area contributed by atoms with E-state index < -0.39 is 5.54 Å². The van der Waals surface area contributed by atoms with Gasteiger partial charge < -0.3 is 15.0 Å². The number of amides is 2. The number of ether oxygens (including phenoxy) is 1. The molecule has 1 aromatic carbocycles. The number of benzene rings is 1. The van der Waals surface area contributed by atoms with Crippen LogP contribution in [0.2, 0.25) is 0 Å². The van der Waals surface area contributed by atoms with Crippen LogP contribution in [-0.4, -0.2) is 48.6 Å². The Morgan fingerprint density at radius 2 is 1.86 bits per heavy atom. The molecule has 1 unspecified atom stereocenters. The summed E-state index contributed by atoms with van der Waals surface area (Å²) in [6.45, 7) is 1.03. The van der Waals surface area contributed by atoms with Gasteiger partial charge in [-0.15, -0.1) is 0 Å². The molecule has 4 rings (SSSR count). The molecular weight excluding hydrogens is 352 g/mol. The predicted molar refractivity (Wildman–Crippen MR) is 108 cm³/mol. The van der Waals surface area contributed by atoms with Crippen LogP contribution in [0.25, 0.3) is 0 Å². The maximum Gasteiger partial charge on any atom is 0.254 e. The second kappa shape index (κ2) is 8.24. The predicted octanol–water partition coefficient (Wildman–Crippen LogP) is 3.63. The number of hydrogen-bond acceptors (Lipinski definition) is 3. The van der Waals surface area contributed by atoms with Crippen LogP contribution in [0.5, 0.6) is 0 Å². The van der Waals surface area contributed by atoms with E-state index >= 15 is 0 Å².